The Morgan fingerprint density at radius 1 is 1.44 bits per heavy atom. The van der Waals surface area contributed by atoms with Crippen molar-refractivity contribution in [1.29, 1.82) is 0 Å². The summed E-state index contributed by atoms with van der Waals surface area (Å²) >= 11 is 0. The van der Waals surface area contributed by atoms with E-state index in [1.165, 1.54) is 0 Å². The molecule has 0 aromatic carbocycles. The fraction of sp³-hybridized carbons (Fsp3) is 0.929. The highest BCUT2D eigenvalue weighted by molar-refractivity contribution is 5.81. The van der Waals surface area contributed by atoms with Gasteiger partial charge in [0.05, 0.1) is 12.1 Å². The minimum Gasteiger partial charge on any atom is -0.378 e. The summed E-state index contributed by atoms with van der Waals surface area (Å²) in [6.07, 6.45) is 4.41. The van der Waals surface area contributed by atoms with E-state index in [4.69, 9.17) is 4.74 Å². The van der Waals surface area contributed by atoms with Crippen LogP contribution >= 0.6 is 0 Å². The predicted molar refractivity (Wildman–Crippen MR) is 73.5 cm³/mol. The monoisotopic (exact) mass is 256 g/mol. The topological polar surface area (TPSA) is 50.4 Å². The standard InChI is InChI=1S/C14H28N2O2/c1-5-6-10(2)15-14(17)12(4)16-13-7-8-18-11(3)9-13/h10-13,16H,5-9H2,1-4H3,(H,15,17). The zero-order chi connectivity index (χ0) is 13.5. The molecule has 0 radical (unpaired) electrons. The summed E-state index contributed by atoms with van der Waals surface area (Å²) < 4.78 is 5.51. The summed E-state index contributed by atoms with van der Waals surface area (Å²) in [7, 11) is 0. The average Bonchev–Trinajstić information content (AvgIpc) is 2.29. The van der Waals surface area contributed by atoms with E-state index in [1.54, 1.807) is 0 Å². The Balaban J connectivity index is 2.30. The Bertz CT molecular complexity index is 258. The summed E-state index contributed by atoms with van der Waals surface area (Å²) in [5, 5.41) is 6.45. The molecule has 4 unspecified atom stereocenters. The van der Waals surface area contributed by atoms with Gasteiger partial charge in [0, 0.05) is 18.7 Å². The lowest BCUT2D eigenvalue weighted by atomic mass is 10.0. The number of nitrogens with one attached hydrogen (secondary N) is 2. The summed E-state index contributed by atoms with van der Waals surface area (Å²) in [5.74, 6) is 0.107. The Morgan fingerprint density at radius 2 is 2.17 bits per heavy atom. The van der Waals surface area contributed by atoms with Crippen LogP contribution in [0.5, 0.6) is 0 Å². The lowest BCUT2D eigenvalue weighted by Crippen LogP contribution is -2.50. The van der Waals surface area contributed by atoms with Gasteiger partial charge in [0.2, 0.25) is 5.91 Å². The van der Waals surface area contributed by atoms with E-state index < -0.39 is 0 Å². The molecule has 1 heterocycles. The van der Waals surface area contributed by atoms with E-state index >= 15 is 0 Å². The summed E-state index contributed by atoms with van der Waals surface area (Å²) in [6.45, 7) is 9.01. The molecule has 0 aromatic rings. The van der Waals surface area contributed by atoms with Crippen molar-refractivity contribution < 1.29 is 9.53 Å². The van der Waals surface area contributed by atoms with Crippen LogP contribution < -0.4 is 10.6 Å². The van der Waals surface area contributed by atoms with Crippen LogP contribution in [0.3, 0.4) is 0 Å². The van der Waals surface area contributed by atoms with Crippen LogP contribution in [0.15, 0.2) is 0 Å². The summed E-state index contributed by atoms with van der Waals surface area (Å²) in [4.78, 5) is 12.0. The van der Waals surface area contributed by atoms with Crippen molar-refractivity contribution in [3.63, 3.8) is 0 Å². The first-order valence-corrected chi connectivity index (χ1v) is 7.21. The van der Waals surface area contributed by atoms with Crippen molar-refractivity contribution in [2.24, 2.45) is 0 Å². The molecule has 0 spiro atoms. The third-order valence-electron chi connectivity index (χ3n) is 3.47. The van der Waals surface area contributed by atoms with Crippen molar-refractivity contribution >= 4 is 5.91 Å². The van der Waals surface area contributed by atoms with Crippen LogP contribution in [0.4, 0.5) is 0 Å². The third-order valence-corrected chi connectivity index (χ3v) is 3.47. The molecule has 2 N–H and O–H groups in total. The molecular formula is C14H28N2O2. The second kappa shape index (κ2) is 7.74. The van der Waals surface area contributed by atoms with Crippen molar-refractivity contribution in [2.75, 3.05) is 6.61 Å². The van der Waals surface area contributed by atoms with Gasteiger partial charge >= 0.3 is 0 Å². The van der Waals surface area contributed by atoms with Crippen LogP contribution in [-0.2, 0) is 9.53 Å². The minimum atomic E-state index is -0.125. The van der Waals surface area contributed by atoms with Crippen LogP contribution in [0.2, 0.25) is 0 Å². The smallest absolute Gasteiger partial charge is 0.237 e. The Hall–Kier alpha value is -0.610. The fourth-order valence-electron chi connectivity index (χ4n) is 2.45. The maximum Gasteiger partial charge on any atom is 0.237 e. The van der Waals surface area contributed by atoms with Gasteiger partial charge < -0.3 is 15.4 Å². The maximum absolute atomic E-state index is 12.0. The number of carbonyl (C=O) groups excluding carboxylic acids is 1. The average molecular weight is 256 g/mol. The first kappa shape index (κ1) is 15.4. The Morgan fingerprint density at radius 3 is 2.78 bits per heavy atom. The molecule has 18 heavy (non-hydrogen) atoms. The Kier molecular flexibility index (Phi) is 6.65. The van der Waals surface area contributed by atoms with Gasteiger partial charge in [-0.2, -0.15) is 0 Å². The molecule has 0 aliphatic carbocycles. The zero-order valence-electron chi connectivity index (χ0n) is 12.2. The van der Waals surface area contributed by atoms with Crippen LogP contribution in [-0.4, -0.2) is 36.7 Å². The number of rotatable bonds is 6. The van der Waals surface area contributed by atoms with Gasteiger partial charge in [-0.25, -0.2) is 0 Å². The third kappa shape index (κ3) is 5.36. The predicted octanol–water partition coefficient (Wildman–Crippen LogP) is 1.84. The molecule has 4 nitrogen and oxygen atoms in total. The highest BCUT2D eigenvalue weighted by Gasteiger charge is 2.23. The minimum absolute atomic E-state index is 0.107. The number of ether oxygens (including phenoxy) is 1. The normalized spacial score (nSPS) is 27.6. The molecule has 1 rings (SSSR count). The zero-order valence-corrected chi connectivity index (χ0v) is 12.2. The molecule has 1 saturated heterocycles. The lowest BCUT2D eigenvalue weighted by Gasteiger charge is -2.30. The van der Waals surface area contributed by atoms with Gasteiger partial charge in [0.15, 0.2) is 0 Å². The largest absolute Gasteiger partial charge is 0.378 e. The number of hydrogen-bond donors (Lipinski definition) is 2. The summed E-state index contributed by atoms with van der Waals surface area (Å²) in [6, 6.07) is 0.538. The lowest BCUT2D eigenvalue weighted by molar-refractivity contribution is -0.123. The van der Waals surface area contributed by atoms with E-state index in [9.17, 15) is 4.79 Å². The quantitative estimate of drug-likeness (QED) is 0.762. The van der Waals surface area contributed by atoms with Gasteiger partial charge in [0.25, 0.3) is 0 Å². The highest BCUT2D eigenvalue weighted by atomic mass is 16.5. The van der Waals surface area contributed by atoms with Crippen LogP contribution in [0, 0.1) is 0 Å². The van der Waals surface area contributed by atoms with Gasteiger partial charge in [0.1, 0.15) is 0 Å². The first-order chi connectivity index (χ1) is 8.52. The molecule has 0 aromatic heterocycles. The van der Waals surface area contributed by atoms with Gasteiger partial charge in [-0.1, -0.05) is 13.3 Å². The molecule has 4 atom stereocenters. The number of hydrogen-bond acceptors (Lipinski definition) is 3. The fourth-order valence-corrected chi connectivity index (χ4v) is 2.45. The van der Waals surface area contributed by atoms with Crippen molar-refractivity contribution in [2.45, 2.75) is 77.6 Å². The maximum atomic E-state index is 12.0. The van der Waals surface area contributed by atoms with Gasteiger partial charge in [-0.3, -0.25) is 4.79 Å². The molecule has 1 aliphatic rings. The number of amides is 1. The molecule has 1 fully saturated rings. The van der Waals surface area contributed by atoms with Gasteiger partial charge in [-0.15, -0.1) is 0 Å². The van der Waals surface area contributed by atoms with E-state index in [1.807, 2.05) is 6.92 Å². The van der Waals surface area contributed by atoms with E-state index in [0.717, 1.165) is 32.3 Å². The van der Waals surface area contributed by atoms with E-state index in [2.05, 4.69) is 31.4 Å². The van der Waals surface area contributed by atoms with Crippen molar-refractivity contribution in [3.05, 3.63) is 0 Å². The molecule has 0 bridgehead atoms. The second-order valence-corrected chi connectivity index (χ2v) is 5.49. The SMILES string of the molecule is CCCC(C)NC(=O)C(C)NC1CCOC(C)C1. The first-order valence-electron chi connectivity index (χ1n) is 7.21. The van der Waals surface area contributed by atoms with Crippen molar-refractivity contribution in [3.8, 4) is 0 Å². The molecule has 4 heteroatoms. The molecule has 0 saturated carbocycles. The summed E-state index contributed by atoms with van der Waals surface area (Å²) in [5.41, 5.74) is 0. The molecule has 1 aliphatic heterocycles. The molecule has 1 amide bonds. The van der Waals surface area contributed by atoms with Crippen molar-refractivity contribution in [1.82, 2.24) is 10.6 Å². The van der Waals surface area contributed by atoms with Gasteiger partial charge in [-0.05, 0) is 40.0 Å². The van der Waals surface area contributed by atoms with E-state index in [-0.39, 0.29) is 18.0 Å². The van der Waals surface area contributed by atoms with Crippen LogP contribution in [0.1, 0.15) is 53.4 Å². The van der Waals surface area contributed by atoms with E-state index in [0.29, 0.717) is 12.1 Å². The Labute approximate surface area is 111 Å². The second-order valence-electron chi connectivity index (χ2n) is 5.49. The highest BCUT2D eigenvalue weighted by Crippen LogP contribution is 2.13. The number of carbonyl (C=O) groups is 1. The molecular weight excluding hydrogens is 228 g/mol. The van der Waals surface area contributed by atoms with Crippen LogP contribution in [0.25, 0.3) is 0 Å². The molecule has 106 valence electrons.